The molecular weight excluding hydrogens is 338 g/mol. The van der Waals surface area contributed by atoms with E-state index in [9.17, 15) is 0 Å². The van der Waals surface area contributed by atoms with Crippen LogP contribution >= 0.6 is 15.9 Å². The molecule has 0 bridgehead atoms. The summed E-state index contributed by atoms with van der Waals surface area (Å²) in [6, 6.07) is 12.8. The maximum absolute atomic E-state index is 5.76. The molecule has 114 valence electrons. The summed E-state index contributed by atoms with van der Waals surface area (Å²) in [6.45, 7) is 5.71. The first-order valence-electron chi connectivity index (χ1n) is 7.49. The van der Waals surface area contributed by atoms with Crippen molar-refractivity contribution in [3.05, 3.63) is 63.4 Å². The third kappa shape index (κ3) is 2.94. The Morgan fingerprint density at radius 2 is 1.77 bits per heavy atom. The fourth-order valence-corrected chi connectivity index (χ4v) is 2.96. The van der Waals surface area contributed by atoms with E-state index in [1.165, 1.54) is 22.2 Å². The quantitative estimate of drug-likeness (QED) is 0.767. The Hall–Kier alpha value is -1.65. The zero-order valence-electron chi connectivity index (χ0n) is 12.9. The van der Waals surface area contributed by atoms with E-state index in [1.807, 2.05) is 0 Å². The molecule has 0 amide bonds. The van der Waals surface area contributed by atoms with E-state index < -0.39 is 0 Å². The Bertz CT molecular complexity index is 803. The first-order valence-corrected chi connectivity index (χ1v) is 8.28. The van der Waals surface area contributed by atoms with Crippen LogP contribution in [0.25, 0.3) is 11.0 Å². The SMILES string of the molecule is Cc1cc2nc(CCN)n(Cc3ccc(Br)cc3)c2cc1C. The van der Waals surface area contributed by atoms with Gasteiger partial charge in [0.15, 0.2) is 0 Å². The largest absolute Gasteiger partial charge is 0.330 e. The van der Waals surface area contributed by atoms with Gasteiger partial charge in [-0.25, -0.2) is 4.98 Å². The van der Waals surface area contributed by atoms with Crippen LogP contribution in [0.2, 0.25) is 0 Å². The van der Waals surface area contributed by atoms with E-state index >= 15 is 0 Å². The average molecular weight is 358 g/mol. The van der Waals surface area contributed by atoms with Gasteiger partial charge in [-0.05, 0) is 61.3 Å². The predicted molar refractivity (Wildman–Crippen MR) is 95.2 cm³/mol. The zero-order valence-corrected chi connectivity index (χ0v) is 14.5. The van der Waals surface area contributed by atoms with E-state index in [1.54, 1.807) is 0 Å². The van der Waals surface area contributed by atoms with Crippen LogP contribution in [0.4, 0.5) is 0 Å². The van der Waals surface area contributed by atoms with Crippen molar-refractivity contribution in [2.75, 3.05) is 6.54 Å². The van der Waals surface area contributed by atoms with Crippen LogP contribution in [0.3, 0.4) is 0 Å². The van der Waals surface area contributed by atoms with Gasteiger partial charge < -0.3 is 10.3 Å². The maximum atomic E-state index is 5.76. The molecule has 0 atom stereocenters. The Morgan fingerprint density at radius 3 is 2.45 bits per heavy atom. The molecule has 3 nitrogen and oxygen atoms in total. The molecule has 0 saturated heterocycles. The van der Waals surface area contributed by atoms with Gasteiger partial charge in [0.2, 0.25) is 0 Å². The van der Waals surface area contributed by atoms with E-state index in [0.29, 0.717) is 6.54 Å². The second kappa shape index (κ2) is 6.23. The van der Waals surface area contributed by atoms with Gasteiger partial charge in [0.05, 0.1) is 11.0 Å². The molecule has 4 heteroatoms. The molecule has 22 heavy (non-hydrogen) atoms. The van der Waals surface area contributed by atoms with Gasteiger partial charge >= 0.3 is 0 Å². The van der Waals surface area contributed by atoms with Gasteiger partial charge in [0.1, 0.15) is 5.82 Å². The van der Waals surface area contributed by atoms with E-state index in [4.69, 9.17) is 10.7 Å². The Morgan fingerprint density at radius 1 is 1.09 bits per heavy atom. The molecule has 2 aromatic carbocycles. The molecule has 0 fully saturated rings. The zero-order chi connectivity index (χ0) is 15.7. The number of benzene rings is 2. The lowest BCUT2D eigenvalue weighted by atomic mass is 10.1. The van der Waals surface area contributed by atoms with Crippen LogP contribution in [0.15, 0.2) is 40.9 Å². The molecule has 0 saturated carbocycles. The Kier molecular flexibility index (Phi) is 4.32. The Labute approximate surface area is 139 Å². The molecule has 0 unspecified atom stereocenters. The molecule has 3 rings (SSSR count). The predicted octanol–water partition coefficient (Wildman–Crippen LogP) is 3.97. The second-order valence-corrected chi connectivity index (χ2v) is 6.62. The minimum absolute atomic E-state index is 0.613. The third-order valence-electron chi connectivity index (χ3n) is 4.06. The van der Waals surface area contributed by atoms with Crippen molar-refractivity contribution in [2.24, 2.45) is 5.73 Å². The number of aromatic nitrogens is 2. The molecule has 1 heterocycles. The number of nitrogens with zero attached hydrogens (tertiary/aromatic N) is 2. The molecular formula is C18H20BrN3. The topological polar surface area (TPSA) is 43.8 Å². The lowest BCUT2D eigenvalue weighted by molar-refractivity contribution is 0.734. The normalized spacial score (nSPS) is 11.3. The highest BCUT2D eigenvalue weighted by atomic mass is 79.9. The van der Waals surface area contributed by atoms with Gasteiger partial charge in [-0.1, -0.05) is 28.1 Å². The Balaban J connectivity index is 2.10. The van der Waals surface area contributed by atoms with Gasteiger partial charge in [-0.3, -0.25) is 0 Å². The van der Waals surface area contributed by atoms with E-state index in [0.717, 1.165) is 28.8 Å². The fourth-order valence-electron chi connectivity index (χ4n) is 2.70. The summed E-state index contributed by atoms with van der Waals surface area (Å²) >= 11 is 3.48. The minimum Gasteiger partial charge on any atom is -0.330 e. The van der Waals surface area contributed by atoms with Crippen molar-refractivity contribution in [3.63, 3.8) is 0 Å². The molecule has 0 spiro atoms. The number of nitrogens with two attached hydrogens (primary N) is 1. The second-order valence-electron chi connectivity index (χ2n) is 5.70. The first kappa shape index (κ1) is 15.3. The number of rotatable bonds is 4. The molecule has 1 aromatic heterocycles. The van der Waals surface area contributed by atoms with Crippen LogP contribution in [0.5, 0.6) is 0 Å². The number of hydrogen-bond acceptors (Lipinski definition) is 2. The number of aryl methyl sites for hydroxylation is 2. The summed E-state index contributed by atoms with van der Waals surface area (Å²) in [5, 5.41) is 0. The summed E-state index contributed by atoms with van der Waals surface area (Å²) in [5.74, 6) is 1.06. The van der Waals surface area contributed by atoms with Crippen molar-refractivity contribution in [1.82, 2.24) is 9.55 Å². The van der Waals surface area contributed by atoms with Gasteiger partial charge in [-0.2, -0.15) is 0 Å². The minimum atomic E-state index is 0.613. The molecule has 0 radical (unpaired) electrons. The van der Waals surface area contributed by atoms with Crippen molar-refractivity contribution < 1.29 is 0 Å². The van der Waals surface area contributed by atoms with Crippen molar-refractivity contribution in [1.29, 1.82) is 0 Å². The highest BCUT2D eigenvalue weighted by molar-refractivity contribution is 9.10. The molecule has 0 aliphatic rings. The summed E-state index contributed by atoms with van der Waals surface area (Å²) in [6.07, 6.45) is 0.795. The standard InChI is InChI=1S/C18H20BrN3/c1-12-9-16-17(10-13(12)2)22(18(21-16)7-8-20)11-14-3-5-15(19)6-4-14/h3-6,9-10H,7-8,11,20H2,1-2H3. The lowest BCUT2D eigenvalue weighted by Gasteiger charge is -2.10. The lowest BCUT2D eigenvalue weighted by Crippen LogP contribution is -2.11. The third-order valence-corrected chi connectivity index (χ3v) is 4.59. The summed E-state index contributed by atoms with van der Waals surface area (Å²) in [5.41, 5.74) is 11.8. The van der Waals surface area contributed by atoms with Gasteiger partial charge in [-0.15, -0.1) is 0 Å². The summed E-state index contributed by atoms with van der Waals surface area (Å²) in [4.78, 5) is 4.79. The first-order chi connectivity index (χ1) is 10.6. The summed E-state index contributed by atoms with van der Waals surface area (Å²) < 4.78 is 3.39. The smallest absolute Gasteiger partial charge is 0.111 e. The number of fused-ring (bicyclic) bond motifs is 1. The number of imidazole rings is 1. The van der Waals surface area contributed by atoms with Gasteiger partial charge in [0.25, 0.3) is 0 Å². The average Bonchev–Trinajstić information content (AvgIpc) is 2.80. The highest BCUT2D eigenvalue weighted by Crippen LogP contribution is 2.23. The highest BCUT2D eigenvalue weighted by Gasteiger charge is 2.12. The van der Waals surface area contributed by atoms with E-state index in [-0.39, 0.29) is 0 Å². The molecule has 0 aliphatic heterocycles. The van der Waals surface area contributed by atoms with Gasteiger partial charge in [0, 0.05) is 17.4 Å². The van der Waals surface area contributed by atoms with Crippen LogP contribution in [0, 0.1) is 13.8 Å². The maximum Gasteiger partial charge on any atom is 0.111 e. The molecule has 2 N–H and O–H groups in total. The van der Waals surface area contributed by atoms with E-state index in [2.05, 4.69) is 70.7 Å². The molecule has 3 aromatic rings. The van der Waals surface area contributed by atoms with Crippen LogP contribution < -0.4 is 5.73 Å². The fraction of sp³-hybridized carbons (Fsp3) is 0.278. The van der Waals surface area contributed by atoms with Crippen molar-refractivity contribution in [3.8, 4) is 0 Å². The number of halogens is 1. The van der Waals surface area contributed by atoms with Crippen LogP contribution in [-0.4, -0.2) is 16.1 Å². The van der Waals surface area contributed by atoms with Crippen LogP contribution in [-0.2, 0) is 13.0 Å². The summed E-state index contributed by atoms with van der Waals surface area (Å²) in [7, 11) is 0. The number of hydrogen-bond donors (Lipinski definition) is 1. The van der Waals surface area contributed by atoms with Crippen molar-refractivity contribution >= 4 is 27.0 Å². The van der Waals surface area contributed by atoms with Crippen LogP contribution in [0.1, 0.15) is 22.5 Å². The van der Waals surface area contributed by atoms with Crippen molar-refractivity contribution in [2.45, 2.75) is 26.8 Å². The monoisotopic (exact) mass is 357 g/mol. The molecule has 0 aliphatic carbocycles.